The van der Waals surface area contributed by atoms with Crippen LogP contribution in [0.2, 0.25) is 0 Å². The molecule has 1 atom stereocenters. The molecule has 3 aliphatic heterocycles. The fourth-order valence-electron chi connectivity index (χ4n) is 8.44. The largest absolute Gasteiger partial charge is 0.382 e. The molecule has 76 heavy (non-hydrogen) atoms. The number of imide groups is 2. The maximum absolute atomic E-state index is 13.2. The maximum Gasteiger partial charge on any atom is 0.264 e. The van der Waals surface area contributed by atoms with E-state index in [1.165, 1.54) is 0 Å². The number of aryl methyl sites for hydroxylation is 1. The fraction of sp³-hybridized carbons (Fsp3) is 0.481. The van der Waals surface area contributed by atoms with E-state index in [9.17, 15) is 32.4 Å². The lowest BCUT2D eigenvalue weighted by Crippen LogP contribution is -2.54. The number of benzene rings is 3. The van der Waals surface area contributed by atoms with Crippen molar-refractivity contribution in [2.45, 2.75) is 57.0 Å². The Kier molecular flexibility index (Phi) is 20.6. The van der Waals surface area contributed by atoms with Gasteiger partial charge in [0.2, 0.25) is 33.7 Å². The molecule has 0 spiro atoms. The van der Waals surface area contributed by atoms with Crippen LogP contribution >= 0.6 is 0 Å². The van der Waals surface area contributed by atoms with Crippen LogP contribution in [0.25, 0.3) is 0 Å². The number of anilines is 6. The topological polar surface area (TPSA) is 273 Å². The van der Waals surface area contributed by atoms with E-state index in [-0.39, 0.29) is 34.8 Å². The number of fused-ring (bicyclic) bond motifs is 1. The second-order valence-corrected chi connectivity index (χ2v) is 20.9. The monoisotopic (exact) mass is 1070 g/mol. The van der Waals surface area contributed by atoms with E-state index in [1.54, 1.807) is 69.4 Å². The standard InChI is InChI=1S/C52H69N11O12S/c1-36-34-55-51(59-47(36)56-38-7-5-8-40(33-38)76(69,70)60-52(2,3)4)57-37-11-13-39(14-12-37)62-21-19-61(20-22-62)35-45(65)54-18-24-72-26-28-74-30-32-75-31-29-73-27-25-71-23-17-53-42-10-6-9-41-46(42)50(68)63(49(41)67)43-15-16-44(64)58-48(43)66/h5-14,33-34,43,53,60H,15-32,35H2,1-4H3,(H,54,65)(H,58,64,66)(H2,55,56,57,59). The van der Waals surface area contributed by atoms with Crippen molar-refractivity contribution in [2.24, 2.45) is 0 Å². The number of piperazine rings is 1. The zero-order chi connectivity index (χ0) is 54.1. The molecule has 7 rings (SSSR count). The fourth-order valence-corrected chi connectivity index (χ4v) is 9.90. The quantitative estimate of drug-likeness (QED) is 0.0337. The lowest BCUT2D eigenvalue weighted by Gasteiger charge is -2.35. The van der Waals surface area contributed by atoms with E-state index in [2.05, 4.69) is 51.1 Å². The summed E-state index contributed by atoms with van der Waals surface area (Å²) >= 11 is 0. The number of piperidine rings is 1. The van der Waals surface area contributed by atoms with Crippen LogP contribution in [0, 0.1) is 6.92 Å². The molecule has 0 bridgehead atoms. The van der Waals surface area contributed by atoms with Crippen molar-refractivity contribution in [2.75, 3.05) is 133 Å². The smallest absolute Gasteiger partial charge is 0.264 e. The molecule has 3 aromatic carbocycles. The van der Waals surface area contributed by atoms with Crippen LogP contribution in [0.1, 0.15) is 59.9 Å². The molecule has 3 aliphatic rings. The summed E-state index contributed by atoms with van der Waals surface area (Å²) in [5.74, 6) is -1.33. The van der Waals surface area contributed by atoms with Crippen LogP contribution in [-0.4, -0.2) is 181 Å². The molecule has 0 aliphatic carbocycles. The van der Waals surface area contributed by atoms with E-state index < -0.39 is 45.2 Å². The van der Waals surface area contributed by atoms with Gasteiger partial charge < -0.3 is 49.9 Å². The van der Waals surface area contributed by atoms with Gasteiger partial charge >= 0.3 is 0 Å². The molecule has 5 amide bonds. The number of carbonyl (C=O) groups excluding carboxylic acids is 5. The molecule has 0 radical (unpaired) electrons. The molecule has 410 valence electrons. The predicted octanol–water partition coefficient (Wildman–Crippen LogP) is 3.18. The number of sulfonamides is 1. The van der Waals surface area contributed by atoms with Crippen molar-refractivity contribution >= 4 is 74.1 Å². The number of hydrogen-bond donors (Lipinski definition) is 6. The van der Waals surface area contributed by atoms with Crippen molar-refractivity contribution in [1.29, 1.82) is 0 Å². The SMILES string of the molecule is Cc1cnc(Nc2ccc(N3CCN(CC(=O)NCCOCCOCCOCCOCCOCCNc4cccc5c4C(=O)N(C4CCC(=O)NC4=O)C5=O)CC3)cc2)nc1Nc1cccc(S(=O)(=O)NC(C)(C)C)c1. The average molecular weight is 1070 g/mol. The van der Waals surface area contributed by atoms with Gasteiger partial charge in [-0.2, -0.15) is 4.98 Å². The number of ether oxygens (including phenoxy) is 5. The van der Waals surface area contributed by atoms with Crippen molar-refractivity contribution in [1.82, 2.24) is 35.1 Å². The zero-order valence-corrected chi connectivity index (χ0v) is 44.3. The van der Waals surface area contributed by atoms with Gasteiger partial charge in [0, 0.05) is 85.7 Å². The number of nitrogens with one attached hydrogen (secondary N) is 6. The highest BCUT2D eigenvalue weighted by atomic mass is 32.2. The third-order valence-electron chi connectivity index (χ3n) is 12.1. The van der Waals surface area contributed by atoms with Crippen LogP contribution in [0.5, 0.6) is 0 Å². The van der Waals surface area contributed by atoms with E-state index in [0.717, 1.165) is 48.0 Å². The first-order valence-electron chi connectivity index (χ1n) is 25.4. The van der Waals surface area contributed by atoms with Gasteiger partial charge in [0.25, 0.3) is 11.8 Å². The van der Waals surface area contributed by atoms with Gasteiger partial charge in [-0.25, -0.2) is 18.1 Å². The van der Waals surface area contributed by atoms with Gasteiger partial charge in [0.15, 0.2) is 0 Å². The van der Waals surface area contributed by atoms with Crippen LogP contribution < -0.4 is 36.2 Å². The highest BCUT2D eigenvalue weighted by Crippen LogP contribution is 2.32. The Hall–Kier alpha value is -6.64. The van der Waals surface area contributed by atoms with Crippen molar-refractivity contribution in [3.05, 3.63) is 89.6 Å². The molecule has 0 saturated carbocycles. The molecule has 4 heterocycles. The highest BCUT2D eigenvalue weighted by molar-refractivity contribution is 7.89. The number of carbonyl (C=O) groups is 5. The summed E-state index contributed by atoms with van der Waals surface area (Å²) in [6.45, 7) is 15.2. The van der Waals surface area contributed by atoms with Gasteiger partial charge in [-0.05, 0) is 88.7 Å². The normalized spacial score (nSPS) is 16.2. The lowest BCUT2D eigenvalue weighted by molar-refractivity contribution is -0.136. The number of hydrogen-bond acceptors (Lipinski definition) is 19. The van der Waals surface area contributed by atoms with Crippen LogP contribution in [-0.2, 0) is 48.1 Å². The molecule has 1 aromatic heterocycles. The Balaban J connectivity index is 0.660. The van der Waals surface area contributed by atoms with Crippen LogP contribution in [0.15, 0.2) is 77.8 Å². The van der Waals surface area contributed by atoms with Crippen molar-refractivity contribution in [3.63, 3.8) is 0 Å². The molecular formula is C52H69N11O12S. The Morgan fingerprint density at radius 3 is 2.03 bits per heavy atom. The summed E-state index contributed by atoms with van der Waals surface area (Å²) < 4.78 is 56.4. The summed E-state index contributed by atoms with van der Waals surface area (Å²) in [6, 6.07) is 18.5. The molecule has 4 aromatic rings. The Morgan fingerprint density at radius 2 is 1.38 bits per heavy atom. The minimum absolute atomic E-state index is 0.0493. The number of nitrogens with zero attached hydrogens (tertiary/aromatic N) is 5. The maximum atomic E-state index is 13.2. The molecule has 2 fully saturated rings. The molecule has 23 nitrogen and oxygen atoms in total. The Labute approximate surface area is 443 Å². The van der Waals surface area contributed by atoms with Crippen molar-refractivity contribution in [3.8, 4) is 0 Å². The first kappa shape index (κ1) is 57.1. The van der Waals surface area contributed by atoms with Gasteiger partial charge in [-0.15, -0.1) is 0 Å². The minimum Gasteiger partial charge on any atom is -0.382 e. The Morgan fingerprint density at radius 1 is 0.750 bits per heavy atom. The van der Waals surface area contributed by atoms with Crippen molar-refractivity contribution < 1.29 is 56.1 Å². The van der Waals surface area contributed by atoms with E-state index in [4.69, 9.17) is 23.7 Å². The average Bonchev–Trinajstić information content (AvgIpc) is 3.64. The highest BCUT2D eigenvalue weighted by Gasteiger charge is 2.45. The molecule has 2 saturated heterocycles. The van der Waals surface area contributed by atoms with Gasteiger partial charge in [0.1, 0.15) is 11.9 Å². The van der Waals surface area contributed by atoms with Gasteiger partial charge in [0.05, 0.1) is 88.6 Å². The Bertz CT molecular complexity index is 2750. The van der Waals surface area contributed by atoms with Gasteiger partial charge in [-0.1, -0.05) is 12.1 Å². The van der Waals surface area contributed by atoms with E-state index in [1.807, 2.05) is 31.2 Å². The minimum atomic E-state index is -3.71. The van der Waals surface area contributed by atoms with Crippen LogP contribution in [0.4, 0.5) is 34.5 Å². The van der Waals surface area contributed by atoms with E-state index >= 15 is 0 Å². The first-order valence-corrected chi connectivity index (χ1v) is 26.9. The molecule has 24 heteroatoms. The first-order chi connectivity index (χ1) is 36.5. The number of rotatable bonds is 29. The predicted molar refractivity (Wildman–Crippen MR) is 284 cm³/mol. The van der Waals surface area contributed by atoms with Crippen LogP contribution in [0.3, 0.4) is 0 Å². The second kappa shape index (κ2) is 27.4. The van der Waals surface area contributed by atoms with E-state index in [0.29, 0.717) is 109 Å². The molecular weight excluding hydrogens is 1000 g/mol. The summed E-state index contributed by atoms with van der Waals surface area (Å²) in [5, 5.41) is 14.8. The summed E-state index contributed by atoms with van der Waals surface area (Å²) in [4.78, 5) is 77.4. The zero-order valence-electron chi connectivity index (χ0n) is 43.5. The second-order valence-electron chi connectivity index (χ2n) is 19.2. The molecule has 6 N–H and O–H groups in total. The summed E-state index contributed by atoms with van der Waals surface area (Å²) in [7, 11) is -3.71. The van der Waals surface area contributed by atoms with Gasteiger partial charge in [-0.3, -0.25) is 39.1 Å². The molecule has 1 unspecified atom stereocenters. The number of aromatic nitrogens is 2. The summed E-state index contributed by atoms with van der Waals surface area (Å²) in [5.41, 5.74) is 3.50. The number of amides is 5. The lowest BCUT2D eigenvalue weighted by atomic mass is 10.0. The third-order valence-corrected chi connectivity index (χ3v) is 13.9. The third kappa shape index (κ3) is 16.7. The summed E-state index contributed by atoms with van der Waals surface area (Å²) in [6.07, 6.45) is 1.85.